The number of carbonyl (C=O) groups is 1. The van der Waals surface area contributed by atoms with Gasteiger partial charge in [0.25, 0.3) is 0 Å². The third-order valence-corrected chi connectivity index (χ3v) is 9.11. The number of rotatable bonds is 5. The summed E-state index contributed by atoms with van der Waals surface area (Å²) < 4.78 is 16.8. The predicted molar refractivity (Wildman–Crippen MR) is 131 cm³/mol. The second kappa shape index (κ2) is 9.16. The molecule has 5 N–H and O–H groups in total. The quantitative estimate of drug-likeness (QED) is 0.283. The molecule has 0 spiro atoms. The van der Waals surface area contributed by atoms with Crippen molar-refractivity contribution in [2.75, 3.05) is 26.9 Å². The summed E-state index contributed by atoms with van der Waals surface area (Å²) in [5, 5.41) is 41.2. The van der Waals surface area contributed by atoms with E-state index in [1.807, 2.05) is 19.1 Å². The first-order chi connectivity index (χ1) is 17.8. The lowest BCUT2D eigenvalue weighted by Gasteiger charge is -2.62. The molecule has 4 saturated heterocycles. The Balaban J connectivity index is 1.34. The van der Waals surface area contributed by atoms with E-state index in [1.165, 1.54) is 23.9 Å². The van der Waals surface area contributed by atoms with Crippen LogP contribution in [0.4, 0.5) is 0 Å². The van der Waals surface area contributed by atoms with Crippen LogP contribution < -0.4 is 0 Å². The van der Waals surface area contributed by atoms with Crippen LogP contribution in [-0.4, -0.2) is 99.9 Å². The molecule has 5 aliphatic heterocycles. The van der Waals surface area contributed by atoms with Crippen LogP contribution in [0, 0.1) is 11.3 Å². The fraction of sp³-hybridized carbons (Fsp3) is 0.593. The van der Waals surface area contributed by atoms with Crippen LogP contribution in [0.15, 0.2) is 35.9 Å². The molecule has 1 unspecified atom stereocenters. The van der Waals surface area contributed by atoms with Crippen molar-refractivity contribution in [2.45, 2.75) is 62.6 Å². The van der Waals surface area contributed by atoms with Gasteiger partial charge < -0.3 is 39.6 Å². The number of piperidine rings is 3. The summed E-state index contributed by atoms with van der Waals surface area (Å²) in [5.41, 5.74) is 3.72. The minimum atomic E-state index is -1.65. The first-order valence-electron chi connectivity index (χ1n) is 12.9. The molecule has 0 aliphatic carbocycles. The first-order valence-corrected chi connectivity index (χ1v) is 12.9. The van der Waals surface area contributed by atoms with Crippen LogP contribution in [0.2, 0.25) is 0 Å². The minimum Gasteiger partial charge on any atom is -0.468 e. The molecule has 0 saturated carbocycles. The van der Waals surface area contributed by atoms with Gasteiger partial charge in [-0.3, -0.25) is 9.69 Å². The lowest BCUT2D eigenvalue weighted by molar-refractivity contribution is -0.290. The second-order valence-corrected chi connectivity index (χ2v) is 10.7. The van der Waals surface area contributed by atoms with E-state index in [4.69, 9.17) is 14.2 Å². The Morgan fingerprint density at radius 1 is 1.22 bits per heavy atom. The van der Waals surface area contributed by atoms with Gasteiger partial charge in [0.15, 0.2) is 6.29 Å². The molecule has 10 heteroatoms. The molecule has 1 aromatic carbocycles. The summed E-state index contributed by atoms with van der Waals surface area (Å²) in [6, 6.07) is 8.23. The summed E-state index contributed by atoms with van der Waals surface area (Å²) in [6.07, 6.45) is -3.86. The topological polar surface area (TPSA) is 145 Å². The highest BCUT2D eigenvalue weighted by atomic mass is 16.6. The van der Waals surface area contributed by atoms with Crippen molar-refractivity contribution < 1.29 is 39.4 Å². The van der Waals surface area contributed by atoms with E-state index in [2.05, 4.69) is 28.1 Å². The number of aliphatic hydroxyl groups excluding tert-OH is 4. The number of benzene rings is 1. The largest absolute Gasteiger partial charge is 0.468 e. The zero-order chi connectivity index (χ0) is 26.1. The van der Waals surface area contributed by atoms with Crippen molar-refractivity contribution in [1.82, 2.24) is 9.88 Å². The number of aromatic amines is 1. The summed E-state index contributed by atoms with van der Waals surface area (Å²) in [7, 11) is 1.40. The number of aromatic nitrogens is 1. The Morgan fingerprint density at radius 2 is 2.00 bits per heavy atom. The Morgan fingerprint density at radius 3 is 2.76 bits per heavy atom. The molecule has 4 fully saturated rings. The molecule has 1 aromatic heterocycles. The van der Waals surface area contributed by atoms with E-state index < -0.39 is 36.1 Å². The molecule has 10 atom stereocenters. The van der Waals surface area contributed by atoms with Crippen LogP contribution in [0.5, 0.6) is 0 Å². The van der Waals surface area contributed by atoms with Gasteiger partial charge in [0, 0.05) is 35.1 Å². The molecule has 5 aliphatic rings. The van der Waals surface area contributed by atoms with Crippen molar-refractivity contribution in [2.24, 2.45) is 11.3 Å². The zero-order valence-corrected chi connectivity index (χ0v) is 20.9. The summed E-state index contributed by atoms with van der Waals surface area (Å²) in [4.78, 5) is 19.7. The number of carbonyl (C=O) groups excluding carboxylic acids is 1. The lowest BCUT2D eigenvalue weighted by Crippen LogP contribution is -2.70. The van der Waals surface area contributed by atoms with Crippen molar-refractivity contribution in [3.63, 3.8) is 0 Å². The van der Waals surface area contributed by atoms with Gasteiger partial charge in [-0.15, -0.1) is 0 Å². The number of allylic oxidation sites excluding steroid dienone is 1. The van der Waals surface area contributed by atoms with Gasteiger partial charge in [0.2, 0.25) is 0 Å². The zero-order valence-electron chi connectivity index (χ0n) is 20.9. The predicted octanol–water partition coefficient (Wildman–Crippen LogP) is 0.391. The molecule has 7 rings (SSSR count). The third-order valence-electron chi connectivity index (χ3n) is 9.11. The highest BCUT2D eigenvalue weighted by Crippen LogP contribution is 2.60. The molecule has 0 amide bonds. The number of fused-ring (bicyclic) bond motifs is 4. The number of H-pyrrole nitrogens is 1. The van der Waals surface area contributed by atoms with Gasteiger partial charge in [0.05, 0.1) is 26.4 Å². The molecule has 6 heterocycles. The molecular formula is C27H34N2O8. The van der Waals surface area contributed by atoms with Crippen LogP contribution in [0.1, 0.15) is 30.6 Å². The Bertz CT molecular complexity index is 1230. The molecule has 2 aromatic rings. The number of ether oxygens (including phenoxy) is 3. The molecule has 0 radical (unpaired) electrons. The summed E-state index contributed by atoms with van der Waals surface area (Å²) in [6.45, 7) is 2.61. The normalized spacial score (nSPS) is 41.7. The fourth-order valence-corrected chi connectivity index (χ4v) is 7.27. The van der Waals surface area contributed by atoms with E-state index in [1.54, 1.807) is 0 Å². The average molecular weight is 515 g/mol. The van der Waals surface area contributed by atoms with Gasteiger partial charge in [-0.05, 0) is 31.4 Å². The number of nitrogens with one attached hydrogen (secondary N) is 1. The van der Waals surface area contributed by atoms with E-state index in [0.717, 1.165) is 23.9 Å². The van der Waals surface area contributed by atoms with Crippen molar-refractivity contribution in [1.29, 1.82) is 0 Å². The van der Waals surface area contributed by atoms with Crippen LogP contribution >= 0.6 is 0 Å². The summed E-state index contributed by atoms with van der Waals surface area (Å²) in [5.74, 6) is -0.436. The number of nitrogens with zero attached hydrogens (tertiary/aromatic N) is 1. The third kappa shape index (κ3) is 3.55. The number of aliphatic hydroxyl groups is 4. The van der Waals surface area contributed by atoms with E-state index in [0.29, 0.717) is 6.42 Å². The van der Waals surface area contributed by atoms with Crippen LogP contribution in [0.3, 0.4) is 0 Å². The van der Waals surface area contributed by atoms with Crippen LogP contribution in [-0.2, 0) is 25.4 Å². The molecule has 10 nitrogen and oxygen atoms in total. The minimum absolute atomic E-state index is 0.0224. The highest BCUT2D eigenvalue weighted by Gasteiger charge is 2.65. The van der Waals surface area contributed by atoms with Crippen molar-refractivity contribution >= 4 is 16.9 Å². The monoisotopic (exact) mass is 514 g/mol. The maximum Gasteiger partial charge on any atom is 0.316 e. The lowest BCUT2D eigenvalue weighted by atomic mass is 9.55. The number of hydrogen-bond acceptors (Lipinski definition) is 9. The highest BCUT2D eigenvalue weighted by molar-refractivity contribution is 5.86. The van der Waals surface area contributed by atoms with E-state index >= 15 is 0 Å². The molecular weight excluding hydrogens is 480 g/mol. The maximum atomic E-state index is 13.7. The maximum absolute atomic E-state index is 13.7. The Labute approximate surface area is 214 Å². The van der Waals surface area contributed by atoms with Gasteiger partial charge in [-0.25, -0.2) is 0 Å². The van der Waals surface area contributed by atoms with Gasteiger partial charge in [0.1, 0.15) is 29.8 Å². The van der Waals surface area contributed by atoms with Gasteiger partial charge >= 0.3 is 5.97 Å². The average Bonchev–Trinajstić information content (AvgIpc) is 3.29. The standard InChI is InChI=1S/C27H34N2O8/c1-3-13-10-29-18-9-16(13)27(26(34)35-2,12-36-11-19-22(30)23(31)24(32)25(33)37-19)20(29)8-15-14-6-4-5-7-17(14)28-21(15)18/h3-7,16,18-20,22-25,28,30-33H,8-12H2,1-2H3/t16-,18-,19+,20-,22+,23-,24+,25+,27-/m0/s1. The van der Waals surface area contributed by atoms with E-state index in [9.17, 15) is 25.2 Å². The van der Waals surface area contributed by atoms with Crippen LogP contribution in [0.25, 0.3) is 10.9 Å². The number of para-hydroxylation sites is 1. The van der Waals surface area contributed by atoms with Gasteiger partial charge in [-0.1, -0.05) is 29.8 Å². The number of methoxy groups -OCH3 is 1. The van der Waals surface area contributed by atoms with Crippen molar-refractivity contribution in [3.8, 4) is 0 Å². The summed E-state index contributed by atoms with van der Waals surface area (Å²) >= 11 is 0. The van der Waals surface area contributed by atoms with Gasteiger partial charge in [-0.2, -0.15) is 0 Å². The van der Waals surface area contributed by atoms with Crippen molar-refractivity contribution in [3.05, 3.63) is 47.2 Å². The fourth-order valence-electron chi connectivity index (χ4n) is 7.27. The Kier molecular flexibility index (Phi) is 6.19. The van der Waals surface area contributed by atoms with E-state index in [-0.39, 0.29) is 37.2 Å². The number of hydrogen-bond donors (Lipinski definition) is 5. The first kappa shape index (κ1) is 25.0. The molecule has 4 bridgehead atoms. The molecule has 37 heavy (non-hydrogen) atoms. The smallest absolute Gasteiger partial charge is 0.316 e. The number of esters is 1. The molecule has 200 valence electrons. The Hall–Kier alpha value is -2.31. The second-order valence-electron chi connectivity index (χ2n) is 10.7. The SMILES string of the molecule is CC=C1CN2[C@H]3Cc4c([nH]c5ccccc45)[C@@H]2C[C@@H]1[C@]3(COC[C@H]1O[C@@H](O)[C@H](O)[C@@H](O)[C@@H]1O)C(=O)OC.